The van der Waals surface area contributed by atoms with E-state index in [1.807, 2.05) is 0 Å². The summed E-state index contributed by atoms with van der Waals surface area (Å²) in [6.45, 7) is -0.260. The number of carbonyl (C=O) groups excluding carboxylic acids is 3. The molecule has 1 fully saturated rings. The summed E-state index contributed by atoms with van der Waals surface area (Å²) in [6.07, 6.45) is -0.101. The van der Waals surface area contributed by atoms with Crippen LogP contribution in [0.3, 0.4) is 0 Å². The molecule has 0 spiro atoms. The minimum absolute atomic E-state index is 0.0792. The molecule has 0 saturated carbocycles. The molecule has 0 bridgehead atoms. The van der Waals surface area contributed by atoms with Gasteiger partial charge in [0.25, 0.3) is 5.91 Å². The molecule has 0 radical (unpaired) electrons. The Labute approximate surface area is 137 Å². The van der Waals surface area contributed by atoms with Gasteiger partial charge in [-0.25, -0.2) is 4.39 Å². The number of rotatable bonds is 6. The Kier molecular flexibility index (Phi) is 5.01. The predicted octanol–water partition coefficient (Wildman–Crippen LogP) is 0.429. The SMILES string of the molecule is NC(=O)CN1CCC(O)(C(=O)CCc2cc(F)cc(Cl)c2)C1=O. The van der Waals surface area contributed by atoms with Crippen LogP contribution in [0.2, 0.25) is 5.02 Å². The third-order valence-electron chi connectivity index (χ3n) is 3.76. The fourth-order valence-electron chi connectivity index (χ4n) is 2.58. The number of carbonyl (C=O) groups is 3. The number of aliphatic hydroxyl groups is 1. The molecule has 0 aromatic heterocycles. The van der Waals surface area contributed by atoms with Crippen LogP contribution in [0, 0.1) is 5.82 Å². The first-order chi connectivity index (χ1) is 10.7. The lowest BCUT2D eigenvalue weighted by Crippen LogP contribution is -2.48. The smallest absolute Gasteiger partial charge is 0.262 e. The number of nitrogens with zero attached hydrogens (tertiary/aromatic N) is 1. The van der Waals surface area contributed by atoms with Crippen molar-refractivity contribution in [2.45, 2.75) is 24.9 Å². The van der Waals surface area contributed by atoms with Gasteiger partial charge >= 0.3 is 0 Å². The van der Waals surface area contributed by atoms with Crippen molar-refractivity contribution in [2.24, 2.45) is 5.73 Å². The number of nitrogens with two attached hydrogens (primary N) is 1. The maximum atomic E-state index is 13.2. The predicted molar refractivity (Wildman–Crippen MR) is 80.1 cm³/mol. The van der Waals surface area contributed by atoms with E-state index in [4.69, 9.17) is 17.3 Å². The summed E-state index contributed by atoms with van der Waals surface area (Å²) in [5, 5.41) is 10.5. The topological polar surface area (TPSA) is 101 Å². The minimum Gasteiger partial charge on any atom is -0.373 e. The average molecular weight is 343 g/mol. The number of ketones is 1. The summed E-state index contributed by atoms with van der Waals surface area (Å²) in [5.41, 5.74) is 3.36. The Morgan fingerprint density at radius 1 is 1.39 bits per heavy atom. The van der Waals surface area contributed by atoms with Gasteiger partial charge in [-0.2, -0.15) is 0 Å². The van der Waals surface area contributed by atoms with Crippen molar-refractivity contribution in [3.8, 4) is 0 Å². The van der Waals surface area contributed by atoms with E-state index < -0.39 is 29.0 Å². The van der Waals surface area contributed by atoms with Crippen molar-refractivity contribution in [1.29, 1.82) is 0 Å². The zero-order valence-corrected chi connectivity index (χ0v) is 13.0. The Morgan fingerprint density at radius 2 is 2.09 bits per heavy atom. The maximum Gasteiger partial charge on any atom is 0.262 e. The maximum absolute atomic E-state index is 13.2. The number of primary amides is 1. The molecule has 23 heavy (non-hydrogen) atoms. The number of hydrogen-bond donors (Lipinski definition) is 2. The Balaban J connectivity index is 2.02. The summed E-state index contributed by atoms with van der Waals surface area (Å²) < 4.78 is 13.2. The molecule has 2 amide bonds. The fourth-order valence-corrected chi connectivity index (χ4v) is 2.83. The first-order valence-electron chi connectivity index (χ1n) is 7.00. The molecular weight excluding hydrogens is 327 g/mol. The van der Waals surface area contributed by atoms with Crippen LogP contribution in [0.15, 0.2) is 18.2 Å². The summed E-state index contributed by atoms with van der Waals surface area (Å²) in [4.78, 5) is 36.2. The second kappa shape index (κ2) is 6.64. The van der Waals surface area contributed by atoms with E-state index in [0.717, 1.165) is 11.0 Å². The van der Waals surface area contributed by atoms with Gasteiger partial charge in [0.2, 0.25) is 11.5 Å². The van der Waals surface area contributed by atoms with Crippen LogP contribution < -0.4 is 5.73 Å². The van der Waals surface area contributed by atoms with E-state index in [1.165, 1.54) is 12.1 Å². The lowest BCUT2D eigenvalue weighted by Gasteiger charge is -2.20. The Bertz CT molecular complexity index is 647. The van der Waals surface area contributed by atoms with Gasteiger partial charge < -0.3 is 15.7 Å². The average Bonchev–Trinajstić information content (AvgIpc) is 2.73. The number of benzene rings is 1. The monoisotopic (exact) mass is 342 g/mol. The molecule has 2 rings (SSSR count). The van der Waals surface area contributed by atoms with Crippen LogP contribution in [0.4, 0.5) is 4.39 Å². The van der Waals surface area contributed by atoms with Crippen molar-refractivity contribution in [3.63, 3.8) is 0 Å². The molecule has 0 aliphatic carbocycles. The number of halogens is 2. The van der Waals surface area contributed by atoms with Gasteiger partial charge in [-0.3, -0.25) is 14.4 Å². The Morgan fingerprint density at radius 3 is 2.70 bits per heavy atom. The van der Waals surface area contributed by atoms with Crippen molar-refractivity contribution in [3.05, 3.63) is 34.6 Å². The first-order valence-corrected chi connectivity index (χ1v) is 7.38. The summed E-state index contributed by atoms with van der Waals surface area (Å²) in [6, 6.07) is 3.89. The van der Waals surface area contributed by atoms with Crippen LogP contribution in [0.25, 0.3) is 0 Å². The van der Waals surface area contributed by atoms with E-state index in [9.17, 15) is 23.9 Å². The highest BCUT2D eigenvalue weighted by Gasteiger charge is 2.50. The molecule has 1 aromatic carbocycles. The van der Waals surface area contributed by atoms with Gasteiger partial charge in [0.1, 0.15) is 5.82 Å². The van der Waals surface area contributed by atoms with E-state index in [1.54, 1.807) is 0 Å². The van der Waals surface area contributed by atoms with Crippen LogP contribution >= 0.6 is 11.6 Å². The summed E-state index contributed by atoms with van der Waals surface area (Å²) >= 11 is 5.73. The van der Waals surface area contributed by atoms with Crippen LogP contribution in [-0.4, -0.2) is 46.3 Å². The fraction of sp³-hybridized carbons (Fsp3) is 0.400. The normalized spacial score (nSPS) is 20.8. The second-order valence-corrected chi connectivity index (χ2v) is 5.94. The highest BCUT2D eigenvalue weighted by atomic mass is 35.5. The van der Waals surface area contributed by atoms with E-state index in [0.29, 0.717) is 5.56 Å². The van der Waals surface area contributed by atoms with Crippen molar-refractivity contribution in [1.82, 2.24) is 4.90 Å². The number of amides is 2. The highest BCUT2D eigenvalue weighted by Crippen LogP contribution is 2.26. The molecule has 1 heterocycles. The third kappa shape index (κ3) is 3.86. The van der Waals surface area contributed by atoms with Crippen LogP contribution in [0.1, 0.15) is 18.4 Å². The molecule has 1 saturated heterocycles. The van der Waals surface area contributed by atoms with Crippen molar-refractivity contribution >= 4 is 29.2 Å². The molecule has 1 atom stereocenters. The quantitative estimate of drug-likeness (QED) is 0.732. The van der Waals surface area contributed by atoms with E-state index in [-0.39, 0.29) is 37.4 Å². The van der Waals surface area contributed by atoms with Crippen molar-refractivity contribution in [2.75, 3.05) is 13.1 Å². The molecule has 6 nitrogen and oxygen atoms in total. The zero-order chi connectivity index (χ0) is 17.2. The zero-order valence-electron chi connectivity index (χ0n) is 12.2. The van der Waals surface area contributed by atoms with Gasteiger partial charge in [0, 0.05) is 24.4 Å². The van der Waals surface area contributed by atoms with Gasteiger partial charge in [0.05, 0.1) is 6.54 Å². The van der Waals surface area contributed by atoms with Crippen molar-refractivity contribution < 1.29 is 23.9 Å². The van der Waals surface area contributed by atoms with E-state index >= 15 is 0 Å². The molecule has 3 N–H and O–H groups in total. The van der Waals surface area contributed by atoms with Gasteiger partial charge in [-0.15, -0.1) is 0 Å². The summed E-state index contributed by atoms with van der Waals surface area (Å²) in [7, 11) is 0. The number of likely N-dealkylation sites (tertiary alicyclic amines) is 1. The molecule has 1 aromatic rings. The van der Waals surface area contributed by atoms with Gasteiger partial charge in [0.15, 0.2) is 5.78 Å². The Hall–Kier alpha value is -1.99. The third-order valence-corrected chi connectivity index (χ3v) is 3.97. The van der Waals surface area contributed by atoms with E-state index in [2.05, 4.69) is 0 Å². The molecular formula is C15H16ClFN2O4. The first kappa shape index (κ1) is 17.4. The van der Waals surface area contributed by atoms with Gasteiger partial charge in [-0.05, 0) is 30.2 Å². The highest BCUT2D eigenvalue weighted by molar-refractivity contribution is 6.30. The second-order valence-electron chi connectivity index (χ2n) is 5.50. The number of hydrogen-bond acceptors (Lipinski definition) is 4. The lowest BCUT2D eigenvalue weighted by atomic mass is 9.92. The standard InChI is InChI=1S/C15H16ClFN2O4/c16-10-5-9(6-11(17)7-10)1-2-12(20)15(23)3-4-19(14(15)22)8-13(18)21/h5-7,23H,1-4,8H2,(H2,18,21). The number of Topliss-reactive ketones (excluding diaryl/α,β-unsaturated/α-hetero) is 1. The largest absolute Gasteiger partial charge is 0.373 e. The van der Waals surface area contributed by atoms with Crippen LogP contribution in [0.5, 0.6) is 0 Å². The number of aryl methyl sites for hydroxylation is 1. The lowest BCUT2D eigenvalue weighted by molar-refractivity contribution is -0.153. The molecule has 1 unspecified atom stereocenters. The minimum atomic E-state index is -2.15. The molecule has 1 aliphatic rings. The summed E-state index contributed by atoms with van der Waals surface area (Å²) in [5.74, 6) is -2.74. The molecule has 1 aliphatic heterocycles. The molecule has 8 heteroatoms. The van der Waals surface area contributed by atoms with Crippen LogP contribution in [-0.2, 0) is 20.8 Å². The van der Waals surface area contributed by atoms with Gasteiger partial charge in [-0.1, -0.05) is 11.6 Å². The molecule has 124 valence electrons.